The van der Waals surface area contributed by atoms with Crippen LogP contribution in [0.15, 0.2) is 33.9 Å². The molecule has 0 unspecified atom stereocenters. The molecule has 7 nitrogen and oxygen atoms in total. The van der Waals surface area contributed by atoms with E-state index in [9.17, 15) is 14.9 Å². The van der Waals surface area contributed by atoms with Gasteiger partial charge in [0.05, 0.1) is 0 Å². The van der Waals surface area contributed by atoms with E-state index in [-0.39, 0.29) is 11.4 Å². The van der Waals surface area contributed by atoms with Crippen LogP contribution in [0, 0.1) is 11.3 Å². The molecule has 0 saturated carbocycles. The maximum absolute atomic E-state index is 12.1. The third kappa shape index (κ3) is 3.03. The molecular formula is C18H21N5O2. The Morgan fingerprint density at radius 1 is 1.20 bits per heavy atom. The van der Waals surface area contributed by atoms with E-state index >= 15 is 0 Å². The number of anilines is 2. The van der Waals surface area contributed by atoms with E-state index < -0.39 is 11.2 Å². The van der Waals surface area contributed by atoms with Gasteiger partial charge in [-0.2, -0.15) is 5.26 Å². The maximum Gasteiger partial charge on any atom is 0.332 e. The van der Waals surface area contributed by atoms with Crippen molar-refractivity contribution in [1.82, 2.24) is 9.13 Å². The molecule has 1 N–H and O–H groups in total. The number of nitriles is 1. The Balaban J connectivity index is 1.67. The van der Waals surface area contributed by atoms with E-state index in [1.54, 1.807) is 7.05 Å². The summed E-state index contributed by atoms with van der Waals surface area (Å²) in [7, 11) is 2.93. The van der Waals surface area contributed by atoms with E-state index in [0.717, 1.165) is 30.5 Å². The molecular weight excluding hydrogens is 318 g/mol. The van der Waals surface area contributed by atoms with Gasteiger partial charge in [-0.3, -0.25) is 13.9 Å². The Morgan fingerprint density at radius 3 is 2.72 bits per heavy atom. The number of nitrogens with zero attached hydrogens (tertiary/aromatic N) is 4. The van der Waals surface area contributed by atoms with E-state index in [4.69, 9.17) is 0 Å². The summed E-state index contributed by atoms with van der Waals surface area (Å²) >= 11 is 0. The summed E-state index contributed by atoms with van der Waals surface area (Å²) in [5.41, 5.74) is 1.61. The molecule has 7 heteroatoms. The number of rotatable bonds is 5. The van der Waals surface area contributed by atoms with Gasteiger partial charge in [0.25, 0.3) is 5.56 Å². The van der Waals surface area contributed by atoms with Crippen LogP contribution in [0.4, 0.5) is 11.5 Å². The largest absolute Gasteiger partial charge is 0.371 e. The van der Waals surface area contributed by atoms with Gasteiger partial charge in [-0.05, 0) is 24.5 Å². The number of fused-ring (bicyclic) bond motifs is 1. The van der Waals surface area contributed by atoms with Gasteiger partial charge in [-0.15, -0.1) is 0 Å². The molecule has 1 aliphatic heterocycles. The van der Waals surface area contributed by atoms with Crippen LogP contribution in [-0.4, -0.2) is 28.8 Å². The molecule has 0 bridgehead atoms. The zero-order valence-corrected chi connectivity index (χ0v) is 14.5. The molecule has 1 aromatic heterocycles. The molecule has 0 fully saturated rings. The quantitative estimate of drug-likeness (QED) is 0.816. The summed E-state index contributed by atoms with van der Waals surface area (Å²) in [4.78, 5) is 26.4. The molecule has 0 spiro atoms. The second kappa shape index (κ2) is 6.85. The van der Waals surface area contributed by atoms with Crippen LogP contribution in [0.25, 0.3) is 0 Å². The van der Waals surface area contributed by atoms with Gasteiger partial charge in [0.15, 0.2) is 5.56 Å². The van der Waals surface area contributed by atoms with Gasteiger partial charge in [0, 0.05) is 39.4 Å². The smallest absolute Gasteiger partial charge is 0.332 e. The van der Waals surface area contributed by atoms with Crippen molar-refractivity contribution in [3.8, 4) is 6.07 Å². The minimum absolute atomic E-state index is 0.0314. The standard InChI is InChI=1S/C18H21N5O2/c1-21-16(14(12-19)17(24)22(2)18(21)25)20-9-5-10-23-11-8-13-6-3-4-7-15(13)23/h3-4,6-7,20H,5,8-11H2,1-2H3. The van der Waals surface area contributed by atoms with Crippen LogP contribution in [-0.2, 0) is 20.5 Å². The van der Waals surface area contributed by atoms with Gasteiger partial charge in [0.1, 0.15) is 11.9 Å². The van der Waals surface area contributed by atoms with Crippen molar-refractivity contribution in [1.29, 1.82) is 5.26 Å². The minimum Gasteiger partial charge on any atom is -0.371 e. The Labute approximate surface area is 145 Å². The second-order valence-electron chi connectivity index (χ2n) is 6.19. The molecule has 0 saturated heterocycles. The Hall–Kier alpha value is -3.01. The second-order valence-corrected chi connectivity index (χ2v) is 6.19. The summed E-state index contributed by atoms with van der Waals surface area (Å²) in [6.45, 7) is 2.46. The molecule has 2 aromatic rings. The van der Waals surface area contributed by atoms with E-state index in [1.165, 1.54) is 22.9 Å². The lowest BCUT2D eigenvalue weighted by molar-refractivity contribution is 0.682. The number of hydrogen-bond acceptors (Lipinski definition) is 5. The lowest BCUT2D eigenvalue weighted by atomic mass is 10.2. The highest BCUT2D eigenvalue weighted by Gasteiger charge is 2.18. The summed E-state index contributed by atoms with van der Waals surface area (Å²) < 4.78 is 2.26. The van der Waals surface area contributed by atoms with Gasteiger partial charge in [-0.1, -0.05) is 18.2 Å². The predicted octanol–water partition coefficient (Wildman–Crippen LogP) is 0.820. The first-order chi connectivity index (χ1) is 12.0. The number of aromatic nitrogens is 2. The average Bonchev–Trinajstić information content (AvgIpc) is 3.04. The summed E-state index contributed by atoms with van der Waals surface area (Å²) in [6.07, 6.45) is 1.90. The van der Waals surface area contributed by atoms with E-state index in [1.807, 2.05) is 12.1 Å². The highest BCUT2D eigenvalue weighted by molar-refractivity contribution is 5.57. The first-order valence-corrected chi connectivity index (χ1v) is 8.31. The van der Waals surface area contributed by atoms with Crippen LogP contribution >= 0.6 is 0 Å². The third-order valence-electron chi connectivity index (χ3n) is 4.66. The third-order valence-corrected chi connectivity index (χ3v) is 4.66. The average molecular weight is 339 g/mol. The highest BCUT2D eigenvalue weighted by atomic mass is 16.2. The Morgan fingerprint density at radius 2 is 1.96 bits per heavy atom. The van der Waals surface area contributed by atoms with E-state index in [2.05, 4.69) is 28.4 Å². The molecule has 3 rings (SSSR count). The Bertz CT molecular complexity index is 951. The van der Waals surface area contributed by atoms with Crippen LogP contribution in [0.1, 0.15) is 17.5 Å². The minimum atomic E-state index is -0.568. The molecule has 0 radical (unpaired) electrons. The normalized spacial score (nSPS) is 12.8. The molecule has 0 aliphatic carbocycles. The van der Waals surface area contributed by atoms with Gasteiger partial charge >= 0.3 is 5.69 Å². The number of nitrogens with one attached hydrogen (secondary N) is 1. The molecule has 1 aliphatic rings. The fourth-order valence-corrected chi connectivity index (χ4v) is 3.27. The van der Waals surface area contributed by atoms with Crippen molar-refractivity contribution in [2.24, 2.45) is 14.1 Å². The summed E-state index contributed by atoms with van der Waals surface area (Å²) in [5.74, 6) is 0.289. The molecule has 130 valence electrons. The Kier molecular flexibility index (Phi) is 4.61. The zero-order valence-electron chi connectivity index (χ0n) is 14.5. The zero-order chi connectivity index (χ0) is 18.0. The van der Waals surface area contributed by atoms with Crippen molar-refractivity contribution in [3.05, 3.63) is 56.2 Å². The molecule has 0 atom stereocenters. The number of para-hydroxylation sites is 1. The first-order valence-electron chi connectivity index (χ1n) is 8.31. The topological polar surface area (TPSA) is 83.1 Å². The lowest BCUT2D eigenvalue weighted by Gasteiger charge is -2.20. The van der Waals surface area contributed by atoms with Crippen molar-refractivity contribution in [2.45, 2.75) is 12.8 Å². The predicted molar refractivity (Wildman–Crippen MR) is 97.1 cm³/mol. The summed E-state index contributed by atoms with van der Waals surface area (Å²) in [6, 6.07) is 10.3. The molecule has 1 aromatic carbocycles. The highest BCUT2D eigenvalue weighted by Crippen LogP contribution is 2.27. The lowest BCUT2D eigenvalue weighted by Crippen LogP contribution is -2.40. The first kappa shape index (κ1) is 16.8. The van der Waals surface area contributed by atoms with Gasteiger partial charge in [0.2, 0.25) is 0 Å². The summed E-state index contributed by atoms with van der Waals surface area (Å²) in [5, 5.41) is 12.3. The fraction of sp³-hybridized carbons (Fsp3) is 0.389. The SMILES string of the molecule is Cn1c(NCCCN2CCc3ccccc32)c(C#N)c(=O)n(C)c1=O. The maximum atomic E-state index is 12.1. The van der Waals surface area contributed by atoms with Crippen molar-refractivity contribution in [3.63, 3.8) is 0 Å². The number of hydrogen-bond donors (Lipinski definition) is 1. The van der Waals surface area contributed by atoms with Crippen molar-refractivity contribution < 1.29 is 0 Å². The fourth-order valence-electron chi connectivity index (χ4n) is 3.27. The van der Waals surface area contributed by atoms with Crippen molar-refractivity contribution >= 4 is 11.5 Å². The van der Waals surface area contributed by atoms with Crippen LogP contribution in [0.5, 0.6) is 0 Å². The van der Waals surface area contributed by atoms with Crippen LogP contribution < -0.4 is 21.5 Å². The molecule has 0 amide bonds. The monoisotopic (exact) mass is 339 g/mol. The van der Waals surface area contributed by atoms with Gasteiger partial charge in [-0.25, -0.2) is 4.79 Å². The van der Waals surface area contributed by atoms with E-state index in [0.29, 0.717) is 6.54 Å². The van der Waals surface area contributed by atoms with Crippen LogP contribution in [0.2, 0.25) is 0 Å². The molecule has 25 heavy (non-hydrogen) atoms. The van der Waals surface area contributed by atoms with Gasteiger partial charge < -0.3 is 10.2 Å². The van der Waals surface area contributed by atoms with Crippen molar-refractivity contribution in [2.75, 3.05) is 29.9 Å². The van der Waals surface area contributed by atoms with Crippen LogP contribution in [0.3, 0.4) is 0 Å². The molecule has 2 heterocycles. The number of benzene rings is 1.